The van der Waals surface area contributed by atoms with Gasteiger partial charge in [-0.3, -0.25) is 4.68 Å². The van der Waals surface area contributed by atoms with E-state index < -0.39 is 24.4 Å². The minimum atomic E-state index is -2.79. The average molecular weight is 386 g/mol. The lowest BCUT2D eigenvalue weighted by molar-refractivity contribution is -0.208. The number of nitrogens with zero attached hydrogens (tertiary/aromatic N) is 4. The fourth-order valence-corrected chi connectivity index (χ4v) is 5.11. The second-order valence-electron chi connectivity index (χ2n) is 7.29. The van der Waals surface area contributed by atoms with Crippen LogP contribution < -0.4 is 0 Å². The van der Waals surface area contributed by atoms with Gasteiger partial charge in [-0.1, -0.05) is 0 Å². The zero-order valence-electron chi connectivity index (χ0n) is 14.7. The van der Waals surface area contributed by atoms with Crippen molar-refractivity contribution in [2.75, 3.05) is 0 Å². The standard InChI is InChI=1S/C19H16F2N4OS/c1-10-13-3-4-14(11-5-12-7-25(2)24-16(12)22-6-11)23-17(13)27-15(10)18(26)8-19(20,21)9-18/h3-7,26H,8-9H2,1-2H3. The molecule has 0 aromatic carbocycles. The summed E-state index contributed by atoms with van der Waals surface area (Å²) < 4.78 is 28.4. The predicted octanol–water partition coefficient (Wildman–Crippen LogP) is 4.17. The van der Waals surface area contributed by atoms with E-state index in [2.05, 4.69) is 10.1 Å². The smallest absolute Gasteiger partial charge is 0.254 e. The van der Waals surface area contributed by atoms with Crippen molar-refractivity contribution in [3.63, 3.8) is 0 Å². The summed E-state index contributed by atoms with van der Waals surface area (Å²) in [6.07, 6.45) is 2.57. The second-order valence-corrected chi connectivity index (χ2v) is 8.29. The Labute approximate surface area is 157 Å². The van der Waals surface area contributed by atoms with Crippen molar-refractivity contribution in [3.8, 4) is 11.3 Å². The third kappa shape index (κ3) is 2.55. The first kappa shape index (κ1) is 16.7. The van der Waals surface area contributed by atoms with Gasteiger partial charge >= 0.3 is 0 Å². The Morgan fingerprint density at radius 3 is 2.78 bits per heavy atom. The maximum Gasteiger partial charge on any atom is 0.254 e. The van der Waals surface area contributed by atoms with E-state index >= 15 is 0 Å². The Bertz CT molecular complexity index is 1210. The first-order valence-corrected chi connectivity index (χ1v) is 9.36. The minimum absolute atomic E-state index is 0.526. The number of hydrogen-bond acceptors (Lipinski definition) is 5. The molecule has 0 spiro atoms. The highest BCUT2D eigenvalue weighted by Gasteiger charge is 2.57. The van der Waals surface area contributed by atoms with Crippen LogP contribution >= 0.6 is 11.3 Å². The maximum atomic E-state index is 13.3. The van der Waals surface area contributed by atoms with E-state index in [1.165, 1.54) is 11.3 Å². The van der Waals surface area contributed by atoms with Gasteiger partial charge in [0.25, 0.3) is 5.92 Å². The average Bonchev–Trinajstić information content (AvgIpc) is 3.11. The van der Waals surface area contributed by atoms with Crippen LogP contribution in [0.25, 0.3) is 32.5 Å². The molecular weight excluding hydrogens is 370 g/mol. The number of alkyl halides is 2. The van der Waals surface area contributed by atoms with Crippen molar-refractivity contribution in [1.29, 1.82) is 0 Å². The highest BCUT2D eigenvalue weighted by molar-refractivity contribution is 7.19. The van der Waals surface area contributed by atoms with Crippen LogP contribution in [0.4, 0.5) is 8.78 Å². The summed E-state index contributed by atoms with van der Waals surface area (Å²) in [4.78, 5) is 10.4. The van der Waals surface area contributed by atoms with Gasteiger partial charge in [-0.2, -0.15) is 5.10 Å². The Hall–Kier alpha value is -2.45. The van der Waals surface area contributed by atoms with E-state index in [9.17, 15) is 13.9 Å². The first-order valence-electron chi connectivity index (χ1n) is 8.55. The number of halogens is 2. The lowest BCUT2D eigenvalue weighted by atomic mass is 9.74. The van der Waals surface area contributed by atoms with Gasteiger partial charge in [0.2, 0.25) is 0 Å². The van der Waals surface area contributed by atoms with Gasteiger partial charge in [0.1, 0.15) is 10.4 Å². The highest BCUT2D eigenvalue weighted by Crippen LogP contribution is 2.54. The van der Waals surface area contributed by atoms with Crippen LogP contribution in [0.2, 0.25) is 0 Å². The summed E-state index contributed by atoms with van der Waals surface area (Å²) >= 11 is 1.29. The van der Waals surface area contributed by atoms with Crippen molar-refractivity contribution in [1.82, 2.24) is 19.7 Å². The zero-order valence-corrected chi connectivity index (χ0v) is 15.5. The second kappa shape index (κ2) is 5.30. The molecular formula is C19H16F2N4OS. The fraction of sp³-hybridized carbons (Fsp3) is 0.316. The number of aromatic nitrogens is 4. The maximum absolute atomic E-state index is 13.3. The lowest BCUT2D eigenvalue weighted by Gasteiger charge is -2.43. The van der Waals surface area contributed by atoms with Gasteiger partial charge in [0, 0.05) is 53.5 Å². The number of fused-ring (bicyclic) bond motifs is 2. The molecule has 27 heavy (non-hydrogen) atoms. The van der Waals surface area contributed by atoms with Gasteiger partial charge in [0.15, 0.2) is 5.65 Å². The van der Waals surface area contributed by atoms with Crippen molar-refractivity contribution in [2.45, 2.75) is 31.3 Å². The Kier molecular flexibility index (Phi) is 3.28. The molecule has 4 aromatic rings. The molecule has 0 aliphatic heterocycles. The summed E-state index contributed by atoms with van der Waals surface area (Å²) in [5, 5.41) is 16.7. The van der Waals surface area contributed by atoms with E-state index in [-0.39, 0.29) is 0 Å². The molecule has 0 unspecified atom stereocenters. The van der Waals surface area contributed by atoms with Gasteiger partial charge in [0.05, 0.1) is 5.69 Å². The Balaban J connectivity index is 1.59. The van der Waals surface area contributed by atoms with Crippen molar-refractivity contribution in [2.24, 2.45) is 7.05 Å². The molecule has 1 aliphatic carbocycles. The molecule has 1 aliphatic rings. The van der Waals surface area contributed by atoms with Crippen molar-refractivity contribution < 1.29 is 13.9 Å². The normalized spacial score (nSPS) is 18.1. The summed E-state index contributed by atoms with van der Waals surface area (Å²) in [5.41, 5.74) is 1.66. The Morgan fingerprint density at radius 1 is 1.26 bits per heavy atom. The van der Waals surface area contributed by atoms with Gasteiger partial charge in [-0.05, 0) is 30.7 Å². The number of aliphatic hydroxyl groups is 1. The Morgan fingerprint density at radius 2 is 2.04 bits per heavy atom. The van der Waals surface area contributed by atoms with Crippen LogP contribution in [0, 0.1) is 6.92 Å². The van der Waals surface area contributed by atoms with Crippen LogP contribution in [0.3, 0.4) is 0 Å². The molecule has 5 rings (SSSR count). The lowest BCUT2D eigenvalue weighted by Crippen LogP contribution is -2.49. The van der Waals surface area contributed by atoms with Gasteiger partial charge in [-0.25, -0.2) is 18.7 Å². The molecule has 1 fully saturated rings. The monoisotopic (exact) mass is 386 g/mol. The molecule has 8 heteroatoms. The van der Waals surface area contributed by atoms with E-state index in [0.717, 1.165) is 32.4 Å². The highest BCUT2D eigenvalue weighted by atomic mass is 32.1. The minimum Gasteiger partial charge on any atom is -0.384 e. The quantitative estimate of drug-likeness (QED) is 0.562. The van der Waals surface area contributed by atoms with Crippen LogP contribution in [0.5, 0.6) is 0 Å². The number of rotatable bonds is 2. The number of hydrogen-bond donors (Lipinski definition) is 1. The summed E-state index contributed by atoms with van der Waals surface area (Å²) in [7, 11) is 1.84. The zero-order chi connectivity index (χ0) is 19.0. The van der Waals surface area contributed by atoms with E-state index in [1.807, 2.05) is 38.4 Å². The number of thiophene rings is 1. The fourth-order valence-electron chi connectivity index (χ4n) is 3.84. The first-order chi connectivity index (χ1) is 12.7. The van der Waals surface area contributed by atoms with Crippen LogP contribution in [-0.4, -0.2) is 30.8 Å². The summed E-state index contributed by atoms with van der Waals surface area (Å²) in [6.45, 7) is 1.85. The predicted molar refractivity (Wildman–Crippen MR) is 99.9 cm³/mol. The van der Waals surface area contributed by atoms with Crippen molar-refractivity contribution in [3.05, 3.63) is 41.0 Å². The van der Waals surface area contributed by atoms with Gasteiger partial charge in [-0.15, -0.1) is 11.3 Å². The molecule has 5 nitrogen and oxygen atoms in total. The molecule has 0 saturated heterocycles. The molecule has 4 heterocycles. The van der Waals surface area contributed by atoms with E-state index in [1.54, 1.807) is 10.9 Å². The summed E-state index contributed by atoms with van der Waals surface area (Å²) in [5.74, 6) is -2.79. The molecule has 0 amide bonds. The molecule has 1 N–H and O–H groups in total. The van der Waals surface area contributed by atoms with Crippen LogP contribution in [0.1, 0.15) is 23.3 Å². The topological polar surface area (TPSA) is 63.8 Å². The van der Waals surface area contributed by atoms with Crippen LogP contribution in [-0.2, 0) is 12.6 Å². The van der Waals surface area contributed by atoms with E-state index in [4.69, 9.17) is 4.98 Å². The molecule has 0 radical (unpaired) electrons. The molecule has 138 valence electrons. The molecule has 1 saturated carbocycles. The third-order valence-electron chi connectivity index (χ3n) is 5.10. The van der Waals surface area contributed by atoms with Crippen molar-refractivity contribution >= 4 is 32.6 Å². The number of aryl methyl sites for hydroxylation is 2. The largest absolute Gasteiger partial charge is 0.384 e. The molecule has 0 atom stereocenters. The molecule has 0 bridgehead atoms. The summed E-state index contributed by atoms with van der Waals surface area (Å²) in [6, 6.07) is 5.80. The van der Waals surface area contributed by atoms with Crippen LogP contribution in [0.15, 0.2) is 30.6 Å². The number of pyridine rings is 2. The third-order valence-corrected chi connectivity index (χ3v) is 6.49. The van der Waals surface area contributed by atoms with Gasteiger partial charge < -0.3 is 5.11 Å². The van der Waals surface area contributed by atoms with E-state index in [0.29, 0.717) is 10.5 Å². The molecule has 4 aromatic heterocycles. The SMILES string of the molecule is Cc1c(C2(O)CC(F)(F)C2)sc2nc(-c3cnc4nn(C)cc4c3)ccc12.